The van der Waals surface area contributed by atoms with E-state index in [1.54, 1.807) is 6.20 Å². The van der Waals surface area contributed by atoms with Gasteiger partial charge in [-0.3, -0.25) is 0 Å². The molecule has 0 radical (unpaired) electrons. The van der Waals surface area contributed by atoms with E-state index < -0.39 is 0 Å². The van der Waals surface area contributed by atoms with Crippen LogP contribution in [0.4, 0.5) is 5.82 Å². The molecular formula is C13H18N4. The van der Waals surface area contributed by atoms with Gasteiger partial charge in [-0.1, -0.05) is 13.8 Å². The first-order valence-corrected chi connectivity index (χ1v) is 6.16. The predicted octanol–water partition coefficient (Wildman–Crippen LogP) is 2.67. The molecule has 0 spiro atoms. The van der Waals surface area contributed by atoms with Gasteiger partial charge in [-0.2, -0.15) is 9.61 Å². The zero-order valence-corrected chi connectivity index (χ0v) is 10.6. The van der Waals surface area contributed by atoms with Gasteiger partial charge < -0.3 is 5.32 Å². The summed E-state index contributed by atoms with van der Waals surface area (Å²) in [6.07, 6.45) is 4.42. The van der Waals surface area contributed by atoms with Gasteiger partial charge in [0.15, 0.2) is 5.65 Å². The lowest BCUT2D eigenvalue weighted by molar-refractivity contribution is 0.460. The zero-order valence-electron chi connectivity index (χ0n) is 10.6. The summed E-state index contributed by atoms with van der Waals surface area (Å²) in [7, 11) is 1.92. The minimum absolute atomic E-state index is 0.455. The first kappa shape index (κ1) is 10.6. The Morgan fingerprint density at radius 1 is 1.47 bits per heavy atom. The Hall–Kier alpha value is -1.58. The highest BCUT2D eigenvalue weighted by molar-refractivity contribution is 5.49. The SMILES string of the molecule is CNc1cc([C@@H](C)C2(C)CC2)nc2ccnn12. The molecule has 3 rings (SSSR count). The van der Waals surface area contributed by atoms with E-state index in [1.165, 1.54) is 18.5 Å². The smallest absolute Gasteiger partial charge is 0.157 e. The Balaban J connectivity index is 2.10. The Morgan fingerprint density at radius 2 is 2.24 bits per heavy atom. The Kier molecular flexibility index (Phi) is 2.15. The van der Waals surface area contributed by atoms with E-state index in [9.17, 15) is 0 Å². The van der Waals surface area contributed by atoms with Gasteiger partial charge >= 0.3 is 0 Å². The molecule has 0 saturated heterocycles. The van der Waals surface area contributed by atoms with Crippen molar-refractivity contribution in [3.8, 4) is 0 Å². The molecular weight excluding hydrogens is 212 g/mol. The van der Waals surface area contributed by atoms with Crippen LogP contribution in [0.2, 0.25) is 0 Å². The van der Waals surface area contributed by atoms with Gasteiger partial charge in [-0.05, 0) is 18.3 Å². The quantitative estimate of drug-likeness (QED) is 0.881. The van der Waals surface area contributed by atoms with Crippen LogP contribution in [0.25, 0.3) is 5.65 Å². The molecule has 2 aromatic heterocycles. The third kappa shape index (κ3) is 1.59. The van der Waals surface area contributed by atoms with E-state index in [1.807, 2.05) is 17.6 Å². The number of hydrogen-bond acceptors (Lipinski definition) is 3. The number of aromatic nitrogens is 3. The third-order valence-corrected chi connectivity index (χ3v) is 4.16. The first-order chi connectivity index (χ1) is 8.14. The standard InChI is InChI=1S/C13H18N4/c1-9(13(2)5-6-13)10-8-12(14-3)17-11(16-10)4-7-15-17/h4,7-9,14H,5-6H2,1-3H3/t9-/m1/s1. The molecule has 1 aliphatic rings. The van der Waals surface area contributed by atoms with E-state index in [-0.39, 0.29) is 0 Å². The van der Waals surface area contributed by atoms with Crippen LogP contribution in [0.1, 0.15) is 38.3 Å². The lowest BCUT2D eigenvalue weighted by Crippen LogP contribution is -2.11. The van der Waals surface area contributed by atoms with Gasteiger partial charge in [0.25, 0.3) is 0 Å². The second-order valence-corrected chi connectivity index (χ2v) is 5.29. The molecule has 1 N–H and O–H groups in total. The maximum atomic E-state index is 4.71. The summed E-state index contributed by atoms with van der Waals surface area (Å²) < 4.78 is 1.84. The highest BCUT2D eigenvalue weighted by Gasteiger charge is 2.43. The van der Waals surface area contributed by atoms with Crippen LogP contribution in [-0.2, 0) is 0 Å². The van der Waals surface area contributed by atoms with Gasteiger partial charge in [0.2, 0.25) is 0 Å². The zero-order chi connectivity index (χ0) is 12.0. The Morgan fingerprint density at radius 3 is 2.88 bits per heavy atom. The van der Waals surface area contributed by atoms with Crippen molar-refractivity contribution < 1.29 is 0 Å². The second-order valence-electron chi connectivity index (χ2n) is 5.29. The van der Waals surface area contributed by atoms with Crippen molar-refractivity contribution in [1.29, 1.82) is 0 Å². The van der Waals surface area contributed by atoms with Crippen LogP contribution < -0.4 is 5.32 Å². The molecule has 17 heavy (non-hydrogen) atoms. The van der Waals surface area contributed by atoms with Crippen LogP contribution in [0.15, 0.2) is 18.3 Å². The van der Waals surface area contributed by atoms with Crippen LogP contribution >= 0.6 is 0 Å². The summed E-state index contributed by atoms with van der Waals surface area (Å²) in [5.41, 5.74) is 2.54. The summed E-state index contributed by atoms with van der Waals surface area (Å²) in [6.45, 7) is 4.63. The van der Waals surface area contributed by atoms with Crippen LogP contribution in [-0.4, -0.2) is 21.6 Å². The largest absolute Gasteiger partial charge is 0.373 e. The minimum Gasteiger partial charge on any atom is -0.373 e. The Bertz CT molecular complexity index is 554. The fraction of sp³-hybridized carbons (Fsp3) is 0.538. The van der Waals surface area contributed by atoms with Crippen molar-refractivity contribution in [3.05, 3.63) is 24.0 Å². The molecule has 0 bridgehead atoms. The molecule has 4 heteroatoms. The normalized spacial score (nSPS) is 19.2. The summed E-state index contributed by atoms with van der Waals surface area (Å²) in [6, 6.07) is 4.07. The van der Waals surface area contributed by atoms with Gasteiger partial charge in [0.1, 0.15) is 5.82 Å². The average Bonchev–Trinajstić information content (AvgIpc) is 2.92. The van der Waals surface area contributed by atoms with Crippen LogP contribution in [0.3, 0.4) is 0 Å². The van der Waals surface area contributed by atoms with Gasteiger partial charge in [0.05, 0.1) is 6.20 Å². The number of fused-ring (bicyclic) bond motifs is 1. The molecule has 1 atom stereocenters. The van der Waals surface area contributed by atoms with Gasteiger partial charge in [-0.15, -0.1) is 0 Å². The van der Waals surface area contributed by atoms with Crippen molar-refractivity contribution in [3.63, 3.8) is 0 Å². The van der Waals surface area contributed by atoms with Crippen molar-refractivity contribution in [1.82, 2.24) is 14.6 Å². The molecule has 0 unspecified atom stereocenters. The van der Waals surface area contributed by atoms with Crippen LogP contribution in [0.5, 0.6) is 0 Å². The molecule has 2 heterocycles. The summed E-state index contributed by atoms with van der Waals surface area (Å²) >= 11 is 0. The fourth-order valence-electron chi connectivity index (χ4n) is 2.32. The Labute approximate surface area is 101 Å². The second kappa shape index (κ2) is 3.45. The number of rotatable bonds is 3. The molecule has 1 aliphatic carbocycles. The van der Waals surface area contributed by atoms with E-state index >= 15 is 0 Å². The first-order valence-electron chi connectivity index (χ1n) is 6.16. The average molecular weight is 230 g/mol. The van der Waals surface area contributed by atoms with E-state index in [2.05, 4.69) is 30.3 Å². The van der Waals surface area contributed by atoms with Crippen molar-refractivity contribution in [2.24, 2.45) is 5.41 Å². The number of nitrogens with one attached hydrogen (secondary N) is 1. The third-order valence-electron chi connectivity index (χ3n) is 4.16. The van der Waals surface area contributed by atoms with Gasteiger partial charge in [-0.25, -0.2) is 4.98 Å². The number of anilines is 1. The predicted molar refractivity (Wildman–Crippen MR) is 68.3 cm³/mol. The summed E-state index contributed by atoms with van der Waals surface area (Å²) in [5, 5.41) is 7.44. The highest BCUT2D eigenvalue weighted by Crippen LogP contribution is 2.55. The lowest BCUT2D eigenvalue weighted by Gasteiger charge is -2.19. The molecule has 0 amide bonds. The molecule has 1 saturated carbocycles. The molecule has 2 aromatic rings. The topological polar surface area (TPSA) is 42.2 Å². The summed E-state index contributed by atoms with van der Waals surface area (Å²) in [5.74, 6) is 1.51. The molecule has 0 aromatic carbocycles. The molecule has 1 fully saturated rings. The van der Waals surface area contributed by atoms with E-state index in [0.29, 0.717) is 11.3 Å². The summed E-state index contributed by atoms with van der Waals surface area (Å²) in [4.78, 5) is 4.71. The maximum absolute atomic E-state index is 4.71. The van der Waals surface area contributed by atoms with Gasteiger partial charge in [0, 0.05) is 30.8 Å². The van der Waals surface area contributed by atoms with Crippen molar-refractivity contribution in [2.75, 3.05) is 12.4 Å². The van der Waals surface area contributed by atoms with Crippen molar-refractivity contribution in [2.45, 2.75) is 32.6 Å². The number of hydrogen-bond donors (Lipinski definition) is 1. The van der Waals surface area contributed by atoms with Crippen LogP contribution in [0, 0.1) is 5.41 Å². The van der Waals surface area contributed by atoms with E-state index in [0.717, 1.165) is 11.5 Å². The highest BCUT2D eigenvalue weighted by atomic mass is 15.3. The maximum Gasteiger partial charge on any atom is 0.157 e. The minimum atomic E-state index is 0.455. The van der Waals surface area contributed by atoms with Crippen molar-refractivity contribution >= 4 is 11.5 Å². The molecule has 4 nitrogen and oxygen atoms in total. The van der Waals surface area contributed by atoms with E-state index in [4.69, 9.17) is 4.98 Å². The monoisotopic (exact) mass is 230 g/mol. The number of nitrogens with zero attached hydrogens (tertiary/aromatic N) is 3. The lowest BCUT2D eigenvalue weighted by atomic mass is 9.89. The fourth-order valence-corrected chi connectivity index (χ4v) is 2.32. The molecule has 0 aliphatic heterocycles. The molecule has 90 valence electrons.